The standard InChI is InChI=1S/C19H28O3SSi/c1-18(2,3)24(4,5)22-15-11-12-17(21)19(13-15,14-20)23-16-9-7-6-8-10-16/h6-12,15,20H,13-14H2,1-5H3/t15-,19+/m1/s1. The number of hydrogen-bond donors (Lipinski definition) is 1. The van der Waals surface area contributed by atoms with Gasteiger partial charge in [0, 0.05) is 11.3 Å². The minimum Gasteiger partial charge on any atom is -0.410 e. The summed E-state index contributed by atoms with van der Waals surface area (Å²) in [7, 11) is -1.94. The third kappa shape index (κ3) is 4.20. The number of benzene rings is 1. The van der Waals surface area contributed by atoms with Crippen LogP contribution in [0.5, 0.6) is 0 Å². The third-order valence-electron chi connectivity index (χ3n) is 5.01. The van der Waals surface area contributed by atoms with Gasteiger partial charge in [-0.1, -0.05) is 45.0 Å². The highest BCUT2D eigenvalue weighted by molar-refractivity contribution is 8.01. The lowest BCUT2D eigenvalue weighted by Crippen LogP contribution is -2.49. The molecule has 24 heavy (non-hydrogen) atoms. The molecule has 1 aromatic rings. The molecule has 0 unspecified atom stereocenters. The number of hydrogen-bond acceptors (Lipinski definition) is 4. The first kappa shape index (κ1) is 19.4. The molecule has 0 aromatic heterocycles. The first-order chi connectivity index (χ1) is 11.1. The Morgan fingerprint density at radius 2 is 1.92 bits per heavy atom. The summed E-state index contributed by atoms with van der Waals surface area (Å²) in [5.41, 5.74) is 0. The van der Waals surface area contributed by atoms with Crippen LogP contribution in [0.1, 0.15) is 27.2 Å². The minimum absolute atomic E-state index is 0.0334. The smallest absolute Gasteiger partial charge is 0.192 e. The van der Waals surface area contributed by atoms with Crippen molar-refractivity contribution >= 4 is 25.9 Å². The Hall–Kier alpha value is -0.883. The summed E-state index contributed by atoms with van der Waals surface area (Å²) in [4.78, 5) is 13.5. The van der Waals surface area contributed by atoms with Gasteiger partial charge in [0.15, 0.2) is 14.1 Å². The predicted octanol–water partition coefficient (Wildman–Crippen LogP) is 4.43. The van der Waals surface area contributed by atoms with Crippen LogP contribution in [-0.2, 0) is 9.22 Å². The number of carbonyl (C=O) groups is 1. The summed E-state index contributed by atoms with van der Waals surface area (Å²) in [6.45, 7) is 10.8. The number of ketones is 1. The van der Waals surface area contributed by atoms with E-state index in [9.17, 15) is 9.90 Å². The van der Waals surface area contributed by atoms with E-state index in [0.717, 1.165) is 4.90 Å². The molecule has 1 aromatic carbocycles. The molecule has 0 aliphatic heterocycles. The second-order valence-corrected chi connectivity index (χ2v) is 14.1. The van der Waals surface area contributed by atoms with Gasteiger partial charge in [-0.25, -0.2) is 0 Å². The zero-order valence-electron chi connectivity index (χ0n) is 15.2. The molecule has 0 amide bonds. The van der Waals surface area contributed by atoms with Gasteiger partial charge >= 0.3 is 0 Å². The molecule has 0 heterocycles. The molecule has 5 heteroatoms. The number of rotatable bonds is 5. The van der Waals surface area contributed by atoms with Gasteiger partial charge in [0.25, 0.3) is 0 Å². The molecule has 3 nitrogen and oxygen atoms in total. The Bertz CT molecular complexity index is 607. The van der Waals surface area contributed by atoms with Gasteiger partial charge in [0.1, 0.15) is 4.75 Å². The van der Waals surface area contributed by atoms with E-state index in [2.05, 4.69) is 33.9 Å². The van der Waals surface area contributed by atoms with Crippen LogP contribution in [0, 0.1) is 0 Å². The van der Waals surface area contributed by atoms with E-state index in [0.29, 0.717) is 6.42 Å². The number of aliphatic hydroxyl groups is 1. The average Bonchev–Trinajstić information content (AvgIpc) is 2.50. The highest BCUT2D eigenvalue weighted by atomic mass is 32.2. The fourth-order valence-electron chi connectivity index (χ4n) is 2.46. The fourth-order valence-corrected chi connectivity index (χ4v) is 4.95. The average molecular weight is 365 g/mol. The van der Waals surface area contributed by atoms with E-state index in [-0.39, 0.29) is 23.5 Å². The Morgan fingerprint density at radius 1 is 1.29 bits per heavy atom. The maximum Gasteiger partial charge on any atom is 0.192 e. The Kier molecular flexibility index (Phi) is 5.80. The largest absolute Gasteiger partial charge is 0.410 e. The number of allylic oxidation sites excluding steroid dienone is 1. The van der Waals surface area contributed by atoms with Crippen LogP contribution in [0.2, 0.25) is 18.1 Å². The minimum atomic E-state index is -1.94. The lowest BCUT2D eigenvalue weighted by atomic mass is 9.91. The van der Waals surface area contributed by atoms with Gasteiger partial charge in [-0.05, 0) is 36.3 Å². The molecular formula is C19H28O3SSi. The van der Waals surface area contributed by atoms with Gasteiger partial charge in [-0.3, -0.25) is 4.79 Å². The number of carbonyl (C=O) groups excluding carboxylic acids is 1. The van der Waals surface area contributed by atoms with Crippen LogP contribution in [0.25, 0.3) is 0 Å². The fraction of sp³-hybridized carbons (Fsp3) is 0.526. The summed E-state index contributed by atoms with van der Waals surface area (Å²) < 4.78 is 5.60. The van der Waals surface area contributed by atoms with Crippen LogP contribution in [0.3, 0.4) is 0 Å². The maximum atomic E-state index is 12.5. The van der Waals surface area contributed by atoms with Crippen molar-refractivity contribution < 1.29 is 14.3 Å². The zero-order valence-corrected chi connectivity index (χ0v) is 17.0. The second-order valence-electron chi connectivity index (χ2n) is 7.91. The lowest BCUT2D eigenvalue weighted by molar-refractivity contribution is -0.119. The van der Waals surface area contributed by atoms with Crippen molar-refractivity contribution in [3.8, 4) is 0 Å². The molecule has 1 aliphatic carbocycles. The predicted molar refractivity (Wildman–Crippen MR) is 103 cm³/mol. The van der Waals surface area contributed by atoms with E-state index in [1.54, 1.807) is 6.08 Å². The second kappa shape index (κ2) is 7.16. The van der Waals surface area contributed by atoms with Crippen molar-refractivity contribution in [2.45, 2.75) is 61.1 Å². The summed E-state index contributed by atoms with van der Waals surface area (Å²) in [5, 5.41) is 10.1. The molecule has 0 radical (unpaired) electrons. The van der Waals surface area contributed by atoms with E-state index in [1.165, 1.54) is 11.8 Å². The maximum absolute atomic E-state index is 12.5. The molecule has 0 saturated heterocycles. The van der Waals surface area contributed by atoms with Gasteiger partial charge in [-0.15, -0.1) is 11.8 Å². The number of thioether (sulfide) groups is 1. The van der Waals surface area contributed by atoms with Crippen molar-refractivity contribution in [2.75, 3.05) is 6.61 Å². The lowest BCUT2D eigenvalue weighted by Gasteiger charge is -2.42. The van der Waals surface area contributed by atoms with Gasteiger partial charge in [0.05, 0.1) is 12.7 Å². The Balaban J connectivity index is 2.22. The third-order valence-corrected chi connectivity index (χ3v) is 10.9. The monoisotopic (exact) mass is 364 g/mol. The summed E-state index contributed by atoms with van der Waals surface area (Å²) in [5.74, 6) is -0.0334. The molecule has 132 valence electrons. The van der Waals surface area contributed by atoms with Crippen LogP contribution in [0.4, 0.5) is 0 Å². The quantitative estimate of drug-likeness (QED) is 0.785. The van der Waals surface area contributed by atoms with Crippen molar-refractivity contribution in [1.82, 2.24) is 0 Å². The molecular weight excluding hydrogens is 336 g/mol. The van der Waals surface area contributed by atoms with E-state index >= 15 is 0 Å². The van der Waals surface area contributed by atoms with Crippen LogP contribution < -0.4 is 0 Å². The van der Waals surface area contributed by atoms with Gasteiger partial charge in [-0.2, -0.15) is 0 Å². The molecule has 2 rings (SSSR count). The van der Waals surface area contributed by atoms with Crippen molar-refractivity contribution in [2.24, 2.45) is 0 Å². The van der Waals surface area contributed by atoms with Crippen molar-refractivity contribution in [3.05, 3.63) is 42.5 Å². The highest BCUT2D eigenvalue weighted by Crippen LogP contribution is 2.43. The van der Waals surface area contributed by atoms with Crippen molar-refractivity contribution in [3.63, 3.8) is 0 Å². The zero-order chi connectivity index (χ0) is 18.0. The summed E-state index contributed by atoms with van der Waals surface area (Å²) in [6.07, 6.45) is 3.83. The Morgan fingerprint density at radius 3 is 2.46 bits per heavy atom. The molecule has 1 N–H and O–H groups in total. The first-order valence-corrected chi connectivity index (χ1v) is 12.1. The normalized spacial score (nSPS) is 25.1. The van der Waals surface area contributed by atoms with E-state index in [4.69, 9.17) is 4.43 Å². The van der Waals surface area contributed by atoms with Gasteiger partial charge in [0.2, 0.25) is 0 Å². The van der Waals surface area contributed by atoms with Crippen LogP contribution in [-0.4, -0.2) is 36.7 Å². The molecule has 0 fully saturated rings. The SMILES string of the molecule is CC(C)(C)[Si](C)(C)O[C@@H]1C=CC(=O)[C@](CO)(Sc2ccccc2)C1. The van der Waals surface area contributed by atoms with Crippen LogP contribution in [0.15, 0.2) is 47.4 Å². The number of aliphatic hydroxyl groups excluding tert-OH is 1. The molecule has 1 aliphatic rings. The first-order valence-electron chi connectivity index (χ1n) is 8.35. The molecule has 2 atom stereocenters. The Labute approximate surface area is 150 Å². The van der Waals surface area contributed by atoms with E-state index < -0.39 is 13.1 Å². The van der Waals surface area contributed by atoms with E-state index in [1.807, 2.05) is 36.4 Å². The molecule has 0 spiro atoms. The molecule has 0 saturated carbocycles. The topological polar surface area (TPSA) is 46.5 Å². The van der Waals surface area contributed by atoms with Crippen LogP contribution >= 0.6 is 11.8 Å². The summed E-state index contributed by atoms with van der Waals surface area (Å²) in [6, 6.07) is 9.77. The summed E-state index contributed by atoms with van der Waals surface area (Å²) >= 11 is 1.44. The highest BCUT2D eigenvalue weighted by Gasteiger charge is 2.45. The van der Waals surface area contributed by atoms with Gasteiger partial charge < -0.3 is 9.53 Å². The molecule has 0 bridgehead atoms. The van der Waals surface area contributed by atoms with Crippen molar-refractivity contribution in [1.29, 1.82) is 0 Å².